The van der Waals surface area contributed by atoms with Crippen molar-refractivity contribution in [1.82, 2.24) is 0 Å². The molecule has 0 aromatic rings. The molecule has 0 saturated carbocycles. The first kappa shape index (κ1) is 14.3. The molecule has 2 N–H and O–H groups in total. The Hall–Kier alpha value is -0.650. The van der Waals surface area contributed by atoms with Gasteiger partial charge in [0.15, 0.2) is 0 Å². The van der Waals surface area contributed by atoms with Gasteiger partial charge >= 0.3 is 0 Å². The van der Waals surface area contributed by atoms with E-state index in [0.717, 1.165) is 12.8 Å². The monoisotopic (exact) mass is 219 g/mol. The number of quaternary nitrogens is 1. The van der Waals surface area contributed by atoms with Crippen LogP contribution in [0.25, 0.3) is 0 Å². The Morgan fingerprint density at radius 2 is 1.73 bits per heavy atom. The highest BCUT2D eigenvalue weighted by molar-refractivity contribution is 5.65. The molecule has 0 aliphatic carbocycles. The predicted octanol–water partition coefficient (Wildman–Crippen LogP) is -1.66. The van der Waals surface area contributed by atoms with E-state index in [1.807, 2.05) is 6.92 Å². The fraction of sp³-hybridized carbons (Fsp3) is 0.900. The molecule has 0 bridgehead atoms. The van der Waals surface area contributed by atoms with Gasteiger partial charge in [0, 0.05) is 0 Å². The van der Waals surface area contributed by atoms with Gasteiger partial charge in [0.1, 0.15) is 19.6 Å². The summed E-state index contributed by atoms with van der Waals surface area (Å²) in [6.07, 6.45) is 1.84. The largest absolute Gasteiger partial charge is 0.544 e. The van der Waals surface area contributed by atoms with Gasteiger partial charge in [-0.2, -0.15) is 0 Å². The summed E-state index contributed by atoms with van der Waals surface area (Å²) in [5.74, 6) is -1.13. The van der Waals surface area contributed by atoms with E-state index < -0.39 is 5.97 Å². The number of hydrogen-bond acceptors (Lipinski definition) is 4. The molecule has 0 radical (unpaired) electrons. The van der Waals surface area contributed by atoms with Crippen molar-refractivity contribution in [2.45, 2.75) is 19.8 Å². The number of aliphatic carboxylic acids is 1. The summed E-state index contributed by atoms with van der Waals surface area (Å²) in [6.45, 7) is 3.11. The second kappa shape index (κ2) is 7.62. The molecule has 0 atom stereocenters. The SMILES string of the molecule is CCCC[N+](CCO)(CCO)CC(=O)[O-]. The second-order valence-corrected chi connectivity index (χ2v) is 3.84. The number of rotatable bonds is 9. The Balaban J connectivity index is 4.47. The van der Waals surface area contributed by atoms with Crippen molar-refractivity contribution in [3.63, 3.8) is 0 Å². The molecule has 0 heterocycles. The van der Waals surface area contributed by atoms with E-state index in [2.05, 4.69) is 0 Å². The number of carboxylic acids is 1. The highest BCUT2D eigenvalue weighted by atomic mass is 16.4. The smallest absolute Gasteiger partial charge is 0.119 e. The number of aliphatic hydroxyl groups is 2. The van der Waals surface area contributed by atoms with E-state index >= 15 is 0 Å². The van der Waals surface area contributed by atoms with Gasteiger partial charge in [-0.1, -0.05) is 13.3 Å². The first-order valence-corrected chi connectivity index (χ1v) is 5.37. The zero-order valence-corrected chi connectivity index (χ0v) is 9.31. The number of carbonyl (C=O) groups is 1. The van der Waals surface area contributed by atoms with Crippen LogP contribution >= 0.6 is 0 Å². The molecule has 0 aromatic heterocycles. The fourth-order valence-electron chi connectivity index (χ4n) is 1.76. The molecule has 5 nitrogen and oxygen atoms in total. The van der Waals surface area contributed by atoms with Crippen LogP contribution in [0.15, 0.2) is 0 Å². The number of nitrogens with zero attached hydrogens (tertiary/aromatic N) is 1. The molecule has 0 saturated heterocycles. The van der Waals surface area contributed by atoms with Gasteiger partial charge in [0.05, 0.1) is 25.7 Å². The van der Waals surface area contributed by atoms with Gasteiger partial charge in [-0.15, -0.1) is 0 Å². The van der Waals surface area contributed by atoms with Crippen molar-refractivity contribution in [3.05, 3.63) is 0 Å². The van der Waals surface area contributed by atoms with E-state index in [1.165, 1.54) is 0 Å². The van der Waals surface area contributed by atoms with Gasteiger partial charge in [-0.3, -0.25) is 0 Å². The number of carbonyl (C=O) groups excluding carboxylic acids is 1. The summed E-state index contributed by atoms with van der Waals surface area (Å²) in [6, 6.07) is 0. The zero-order chi connectivity index (χ0) is 11.7. The minimum Gasteiger partial charge on any atom is -0.544 e. The lowest BCUT2D eigenvalue weighted by Crippen LogP contribution is -2.57. The standard InChI is InChI=1S/C10H21NO4/c1-2-3-4-11(5-7-12,6-8-13)9-10(14)15/h12-13H,2-9H2,1H3. The van der Waals surface area contributed by atoms with Crippen molar-refractivity contribution in [3.8, 4) is 0 Å². The third kappa shape index (κ3) is 5.71. The van der Waals surface area contributed by atoms with Gasteiger partial charge in [-0.05, 0) is 6.42 Å². The molecule has 0 fully saturated rings. The van der Waals surface area contributed by atoms with Crippen LogP contribution in [0.3, 0.4) is 0 Å². The number of aliphatic hydroxyl groups excluding tert-OH is 2. The highest BCUT2D eigenvalue weighted by Crippen LogP contribution is 2.08. The van der Waals surface area contributed by atoms with Gasteiger partial charge in [0.2, 0.25) is 0 Å². The van der Waals surface area contributed by atoms with Crippen LogP contribution in [0.1, 0.15) is 19.8 Å². The maximum absolute atomic E-state index is 10.6. The lowest BCUT2D eigenvalue weighted by Gasteiger charge is -2.38. The van der Waals surface area contributed by atoms with E-state index in [4.69, 9.17) is 10.2 Å². The Kier molecular flexibility index (Phi) is 7.29. The molecule has 0 spiro atoms. The lowest BCUT2D eigenvalue weighted by molar-refractivity contribution is -0.923. The Morgan fingerprint density at radius 1 is 1.20 bits per heavy atom. The highest BCUT2D eigenvalue weighted by Gasteiger charge is 2.25. The second-order valence-electron chi connectivity index (χ2n) is 3.84. The fourth-order valence-corrected chi connectivity index (χ4v) is 1.76. The predicted molar refractivity (Wildman–Crippen MR) is 53.8 cm³/mol. The normalized spacial score (nSPS) is 11.7. The van der Waals surface area contributed by atoms with E-state index in [0.29, 0.717) is 19.6 Å². The minimum absolute atomic E-state index is 0.0724. The third-order valence-corrected chi connectivity index (χ3v) is 2.60. The first-order valence-electron chi connectivity index (χ1n) is 5.37. The molecule has 0 aliphatic rings. The third-order valence-electron chi connectivity index (χ3n) is 2.60. The average molecular weight is 219 g/mol. The Morgan fingerprint density at radius 3 is 2.07 bits per heavy atom. The van der Waals surface area contributed by atoms with Crippen LogP contribution in [0.5, 0.6) is 0 Å². The molecule has 0 unspecified atom stereocenters. The van der Waals surface area contributed by atoms with Gasteiger partial charge in [0.25, 0.3) is 0 Å². The quantitative estimate of drug-likeness (QED) is 0.455. The number of unbranched alkanes of at least 4 members (excludes halogenated alkanes) is 1. The zero-order valence-electron chi connectivity index (χ0n) is 9.31. The van der Waals surface area contributed by atoms with Gasteiger partial charge < -0.3 is 24.6 Å². The molecule has 0 aliphatic heterocycles. The summed E-state index contributed by atoms with van der Waals surface area (Å²) in [5, 5.41) is 28.5. The molecule has 0 amide bonds. The number of hydrogen-bond donors (Lipinski definition) is 2. The van der Waals surface area contributed by atoms with E-state index in [-0.39, 0.29) is 24.2 Å². The lowest BCUT2D eigenvalue weighted by atomic mass is 10.2. The number of carboxylic acid groups (broad SMARTS) is 1. The van der Waals surface area contributed by atoms with E-state index in [1.54, 1.807) is 0 Å². The van der Waals surface area contributed by atoms with Crippen LogP contribution in [-0.2, 0) is 4.79 Å². The van der Waals surface area contributed by atoms with Crippen LogP contribution < -0.4 is 5.11 Å². The molecule has 15 heavy (non-hydrogen) atoms. The van der Waals surface area contributed by atoms with E-state index in [9.17, 15) is 9.90 Å². The molecule has 90 valence electrons. The molecular formula is C10H21NO4. The Bertz CT molecular complexity index is 178. The van der Waals surface area contributed by atoms with Crippen molar-refractivity contribution in [1.29, 1.82) is 0 Å². The molecule has 0 rings (SSSR count). The van der Waals surface area contributed by atoms with Crippen molar-refractivity contribution in [2.75, 3.05) is 39.4 Å². The topological polar surface area (TPSA) is 80.6 Å². The molecule has 5 heteroatoms. The summed E-state index contributed by atoms with van der Waals surface area (Å²) in [7, 11) is 0. The summed E-state index contributed by atoms with van der Waals surface area (Å²) in [4.78, 5) is 10.6. The van der Waals surface area contributed by atoms with Crippen LogP contribution in [0.4, 0.5) is 0 Å². The summed E-state index contributed by atoms with van der Waals surface area (Å²) < 4.78 is 0.211. The van der Waals surface area contributed by atoms with Crippen molar-refractivity contribution < 1.29 is 24.6 Å². The van der Waals surface area contributed by atoms with Crippen molar-refractivity contribution >= 4 is 5.97 Å². The maximum atomic E-state index is 10.6. The van der Waals surface area contributed by atoms with Crippen molar-refractivity contribution in [2.24, 2.45) is 0 Å². The van der Waals surface area contributed by atoms with Crippen LogP contribution in [0.2, 0.25) is 0 Å². The van der Waals surface area contributed by atoms with Crippen LogP contribution in [-0.4, -0.2) is 60.1 Å². The van der Waals surface area contributed by atoms with Crippen LogP contribution in [0, 0.1) is 0 Å². The average Bonchev–Trinajstić information content (AvgIpc) is 2.14. The summed E-state index contributed by atoms with van der Waals surface area (Å²) in [5.41, 5.74) is 0. The maximum Gasteiger partial charge on any atom is 0.119 e. The Labute approximate surface area is 90.5 Å². The molecular weight excluding hydrogens is 198 g/mol. The van der Waals surface area contributed by atoms with Gasteiger partial charge in [-0.25, -0.2) is 0 Å². The molecule has 0 aromatic carbocycles. The minimum atomic E-state index is -1.13. The first-order chi connectivity index (χ1) is 7.10. The summed E-state index contributed by atoms with van der Waals surface area (Å²) >= 11 is 0.